The van der Waals surface area contributed by atoms with Crippen molar-refractivity contribution in [2.45, 2.75) is 33.1 Å². The monoisotopic (exact) mass is 216 g/mol. The number of hydrogen-bond donors (Lipinski definition) is 2. The first-order chi connectivity index (χ1) is 7.31. The molecule has 90 valence electrons. The van der Waals surface area contributed by atoms with E-state index in [1.54, 1.807) is 0 Å². The summed E-state index contributed by atoms with van der Waals surface area (Å²) >= 11 is 0. The van der Waals surface area contributed by atoms with E-state index < -0.39 is 0 Å². The van der Waals surface area contributed by atoms with Gasteiger partial charge in [0.25, 0.3) is 0 Å². The molecular weight excluding hydrogens is 192 g/mol. The van der Waals surface area contributed by atoms with Gasteiger partial charge in [-0.15, -0.1) is 0 Å². The highest BCUT2D eigenvalue weighted by atomic mass is 16.5. The fourth-order valence-corrected chi connectivity index (χ4v) is 1.11. The zero-order valence-corrected chi connectivity index (χ0v) is 9.97. The lowest BCUT2D eigenvalue weighted by Gasteiger charge is -2.06. The summed E-state index contributed by atoms with van der Waals surface area (Å²) < 4.78 is 5.18. The molecule has 4 heteroatoms. The average Bonchev–Trinajstić information content (AvgIpc) is 2.23. The van der Waals surface area contributed by atoms with Crippen LogP contribution in [0.5, 0.6) is 0 Å². The van der Waals surface area contributed by atoms with Gasteiger partial charge in [-0.3, -0.25) is 4.79 Å². The van der Waals surface area contributed by atoms with Crippen LogP contribution >= 0.6 is 0 Å². The molecule has 0 heterocycles. The number of carbonyl (C=O) groups is 1. The molecule has 0 bridgehead atoms. The maximum absolute atomic E-state index is 11.2. The molecule has 0 saturated carbocycles. The van der Waals surface area contributed by atoms with Gasteiger partial charge in [0.15, 0.2) is 0 Å². The maximum Gasteiger partial charge on any atom is 0.233 e. The molecule has 2 N–H and O–H groups in total. The minimum atomic E-state index is 0.0832. The highest BCUT2D eigenvalue weighted by molar-refractivity contribution is 5.77. The third-order valence-corrected chi connectivity index (χ3v) is 1.98. The van der Waals surface area contributed by atoms with E-state index in [-0.39, 0.29) is 5.91 Å². The molecule has 15 heavy (non-hydrogen) atoms. The molecule has 1 amide bonds. The summed E-state index contributed by atoms with van der Waals surface area (Å²) in [5.74, 6) is 0.0832. The Hall–Kier alpha value is -0.610. The van der Waals surface area contributed by atoms with Crippen molar-refractivity contribution in [3.8, 4) is 0 Å². The van der Waals surface area contributed by atoms with Crippen molar-refractivity contribution < 1.29 is 9.53 Å². The molecule has 0 aliphatic rings. The van der Waals surface area contributed by atoms with Crippen LogP contribution in [-0.2, 0) is 9.53 Å². The van der Waals surface area contributed by atoms with Gasteiger partial charge in [0.05, 0.1) is 6.54 Å². The van der Waals surface area contributed by atoms with Crippen LogP contribution in [0.25, 0.3) is 0 Å². The Morgan fingerprint density at radius 3 is 2.67 bits per heavy atom. The summed E-state index contributed by atoms with van der Waals surface area (Å²) in [7, 11) is 0. The van der Waals surface area contributed by atoms with Gasteiger partial charge in [-0.25, -0.2) is 0 Å². The minimum Gasteiger partial charge on any atom is -0.382 e. The summed E-state index contributed by atoms with van der Waals surface area (Å²) in [6.07, 6.45) is 3.12. The molecule has 0 aromatic carbocycles. The van der Waals surface area contributed by atoms with E-state index in [0.717, 1.165) is 45.6 Å². The van der Waals surface area contributed by atoms with Crippen LogP contribution in [0, 0.1) is 0 Å². The maximum atomic E-state index is 11.2. The molecule has 0 rings (SSSR count). The van der Waals surface area contributed by atoms with Gasteiger partial charge >= 0.3 is 0 Å². The number of nitrogens with one attached hydrogen (secondary N) is 2. The normalized spacial score (nSPS) is 10.3. The quantitative estimate of drug-likeness (QED) is 0.534. The third-order valence-electron chi connectivity index (χ3n) is 1.98. The first kappa shape index (κ1) is 14.4. The molecule has 0 atom stereocenters. The van der Waals surface area contributed by atoms with Gasteiger partial charge in [0.1, 0.15) is 0 Å². The number of hydrogen-bond acceptors (Lipinski definition) is 3. The zero-order valence-electron chi connectivity index (χ0n) is 9.97. The van der Waals surface area contributed by atoms with Crippen LogP contribution < -0.4 is 10.6 Å². The zero-order chi connectivity index (χ0) is 11.4. The first-order valence-corrected chi connectivity index (χ1v) is 5.86. The minimum absolute atomic E-state index is 0.0832. The lowest BCUT2D eigenvalue weighted by atomic mass is 10.3. The van der Waals surface area contributed by atoms with Crippen LogP contribution in [0.1, 0.15) is 33.1 Å². The molecule has 0 aliphatic heterocycles. The number of rotatable bonds is 10. The van der Waals surface area contributed by atoms with Gasteiger partial charge in [0, 0.05) is 19.8 Å². The molecule has 0 saturated heterocycles. The van der Waals surface area contributed by atoms with Crippen molar-refractivity contribution in [2.75, 3.05) is 32.8 Å². The smallest absolute Gasteiger partial charge is 0.233 e. The molecule has 0 unspecified atom stereocenters. The summed E-state index contributed by atoms with van der Waals surface area (Å²) in [5, 5.41) is 5.93. The highest BCUT2D eigenvalue weighted by Gasteiger charge is 1.98. The molecule has 4 nitrogen and oxygen atoms in total. The lowest BCUT2D eigenvalue weighted by molar-refractivity contribution is -0.120. The van der Waals surface area contributed by atoms with Crippen molar-refractivity contribution in [1.82, 2.24) is 10.6 Å². The van der Waals surface area contributed by atoms with Crippen LogP contribution in [0.4, 0.5) is 0 Å². The standard InChI is InChI=1S/C11H24N2O2/c1-3-5-8-13-11(14)10-12-7-6-9-15-4-2/h12H,3-10H2,1-2H3,(H,13,14). The Morgan fingerprint density at radius 2 is 2.00 bits per heavy atom. The Bertz CT molecular complexity index is 152. The van der Waals surface area contributed by atoms with Crippen molar-refractivity contribution in [3.63, 3.8) is 0 Å². The molecule has 0 fully saturated rings. The van der Waals surface area contributed by atoms with Crippen molar-refractivity contribution in [3.05, 3.63) is 0 Å². The Labute approximate surface area is 92.8 Å². The molecule has 0 aromatic heterocycles. The van der Waals surface area contributed by atoms with E-state index >= 15 is 0 Å². The first-order valence-electron chi connectivity index (χ1n) is 5.86. The van der Waals surface area contributed by atoms with E-state index in [4.69, 9.17) is 4.74 Å². The fourth-order valence-electron chi connectivity index (χ4n) is 1.11. The highest BCUT2D eigenvalue weighted by Crippen LogP contribution is 1.82. The molecular formula is C11H24N2O2. The second-order valence-electron chi connectivity index (χ2n) is 3.43. The Kier molecular flexibility index (Phi) is 11.0. The van der Waals surface area contributed by atoms with E-state index in [1.165, 1.54) is 0 Å². The van der Waals surface area contributed by atoms with Gasteiger partial charge in [0.2, 0.25) is 5.91 Å². The second kappa shape index (κ2) is 11.5. The van der Waals surface area contributed by atoms with E-state index in [1.807, 2.05) is 6.92 Å². The van der Waals surface area contributed by atoms with Crippen LogP contribution in [0.3, 0.4) is 0 Å². The molecule has 0 aromatic rings. The summed E-state index contributed by atoms with van der Waals surface area (Å²) in [5.41, 5.74) is 0. The SMILES string of the molecule is CCCCNC(=O)CNCCCOCC. The number of carbonyl (C=O) groups excluding carboxylic acids is 1. The van der Waals surface area contributed by atoms with Gasteiger partial charge in [-0.1, -0.05) is 13.3 Å². The number of unbranched alkanes of at least 4 members (excludes halogenated alkanes) is 1. The predicted octanol–water partition coefficient (Wildman–Crippen LogP) is 0.919. The van der Waals surface area contributed by atoms with Gasteiger partial charge in [-0.2, -0.15) is 0 Å². The van der Waals surface area contributed by atoms with Crippen LogP contribution in [0.15, 0.2) is 0 Å². The number of ether oxygens (including phenoxy) is 1. The Morgan fingerprint density at radius 1 is 1.20 bits per heavy atom. The average molecular weight is 216 g/mol. The van der Waals surface area contributed by atoms with Crippen LogP contribution in [-0.4, -0.2) is 38.8 Å². The summed E-state index contributed by atoms with van der Waals surface area (Å²) in [6, 6.07) is 0. The Balaban J connectivity index is 3.10. The predicted molar refractivity (Wildman–Crippen MR) is 61.9 cm³/mol. The van der Waals surface area contributed by atoms with Crippen molar-refractivity contribution in [2.24, 2.45) is 0 Å². The van der Waals surface area contributed by atoms with Gasteiger partial charge < -0.3 is 15.4 Å². The van der Waals surface area contributed by atoms with Crippen molar-refractivity contribution >= 4 is 5.91 Å². The van der Waals surface area contributed by atoms with Crippen LogP contribution in [0.2, 0.25) is 0 Å². The summed E-state index contributed by atoms with van der Waals surface area (Å²) in [6.45, 7) is 7.65. The number of amides is 1. The largest absolute Gasteiger partial charge is 0.382 e. The lowest BCUT2D eigenvalue weighted by Crippen LogP contribution is -2.34. The van der Waals surface area contributed by atoms with E-state index in [9.17, 15) is 4.79 Å². The van der Waals surface area contributed by atoms with E-state index in [2.05, 4.69) is 17.6 Å². The van der Waals surface area contributed by atoms with E-state index in [0.29, 0.717) is 6.54 Å². The summed E-state index contributed by atoms with van der Waals surface area (Å²) in [4.78, 5) is 11.2. The molecule has 0 spiro atoms. The third kappa shape index (κ3) is 11.3. The molecule has 0 radical (unpaired) electrons. The topological polar surface area (TPSA) is 50.4 Å². The fraction of sp³-hybridized carbons (Fsp3) is 0.909. The van der Waals surface area contributed by atoms with Gasteiger partial charge in [-0.05, 0) is 26.3 Å². The molecule has 0 aliphatic carbocycles. The second-order valence-corrected chi connectivity index (χ2v) is 3.43. The van der Waals surface area contributed by atoms with Crippen molar-refractivity contribution in [1.29, 1.82) is 0 Å².